The van der Waals surface area contributed by atoms with Gasteiger partial charge in [0.15, 0.2) is 0 Å². The number of nitrogens with zero attached hydrogens (tertiary/aromatic N) is 1. The highest BCUT2D eigenvalue weighted by Crippen LogP contribution is 2.39. The van der Waals surface area contributed by atoms with E-state index >= 15 is 0 Å². The van der Waals surface area contributed by atoms with Crippen LogP contribution in [0.15, 0.2) is 24.3 Å². The van der Waals surface area contributed by atoms with Crippen molar-refractivity contribution in [2.45, 2.75) is 45.6 Å². The van der Waals surface area contributed by atoms with Crippen LogP contribution in [0.2, 0.25) is 0 Å². The van der Waals surface area contributed by atoms with E-state index in [1.807, 2.05) is 0 Å². The van der Waals surface area contributed by atoms with Gasteiger partial charge in [-0.05, 0) is 42.3 Å². The first-order chi connectivity index (χ1) is 9.81. The smallest absolute Gasteiger partial charge is 0.0236 e. The molecule has 0 amide bonds. The highest BCUT2D eigenvalue weighted by molar-refractivity contribution is 5.29. The number of nitrogens with one attached hydrogen (secondary N) is 1. The molecule has 1 aliphatic heterocycles. The number of hydrogen-bond donors (Lipinski definition) is 1. The van der Waals surface area contributed by atoms with Gasteiger partial charge in [-0.2, -0.15) is 0 Å². The van der Waals surface area contributed by atoms with E-state index in [0.29, 0.717) is 5.41 Å². The Morgan fingerprint density at radius 1 is 1.15 bits per heavy atom. The molecule has 110 valence electrons. The van der Waals surface area contributed by atoms with Gasteiger partial charge in [-0.25, -0.2) is 0 Å². The number of rotatable bonds is 5. The molecule has 0 radical (unpaired) electrons. The van der Waals surface area contributed by atoms with E-state index in [1.54, 1.807) is 11.1 Å². The Balaban J connectivity index is 1.65. The topological polar surface area (TPSA) is 15.3 Å². The SMILES string of the molecule is CCNCC1(CN2CCc3ccccc3C2)CCCC1. The second kappa shape index (κ2) is 6.28. The zero-order valence-electron chi connectivity index (χ0n) is 12.8. The lowest BCUT2D eigenvalue weighted by atomic mass is 9.84. The van der Waals surface area contributed by atoms with E-state index in [4.69, 9.17) is 0 Å². The summed E-state index contributed by atoms with van der Waals surface area (Å²) in [6.07, 6.45) is 6.91. The van der Waals surface area contributed by atoms with Crippen LogP contribution in [0.5, 0.6) is 0 Å². The lowest BCUT2D eigenvalue weighted by molar-refractivity contribution is 0.138. The molecule has 0 bridgehead atoms. The average Bonchev–Trinajstić information content (AvgIpc) is 2.94. The summed E-state index contributed by atoms with van der Waals surface area (Å²) in [7, 11) is 0. The zero-order valence-corrected chi connectivity index (χ0v) is 12.8. The normalized spacial score (nSPS) is 21.9. The van der Waals surface area contributed by atoms with Crippen LogP contribution in [-0.4, -0.2) is 31.1 Å². The summed E-state index contributed by atoms with van der Waals surface area (Å²) in [6, 6.07) is 8.98. The van der Waals surface area contributed by atoms with Crippen molar-refractivity contribution < 1.29 is 0 Å². The molecule has 0 atom stereocenters. The second-order valence-electron chi connectivity index (χ2n) is 6.72. The summed E-state index contributed by atoms with van der Waals surface area (Å²) in [6.45, 7) is 8.22. The van der Waals surface area contributed by atoms with Gasteiger partial charge in [-0.1, -0.05) is 44.0 Å². The molecule has 0 spiro atoms. The van der Waals surface area contributed by atoms with Gasteiger partial charge in [0.2, 0.25) is 0 Å². The summed E-state index contributed by atoms with van der Waals surface area (Å²) in [5.41, 5.74) is 3.66. The Morgan fingerprint density at radius 3 is 2.65 bits per heavy atom. The third-order valence-electron chi connectivity index (χ3n) is 5.18. The molecule has 1 aliphatic carbocycles. The highest BCUT2D eigenvalue weighted by Gasteiger charge is 2.35. The van der Waals surface area contributed by atoms with Gasteiger partial charge in [0, 0.05) is 26.2 Å². The zero-order chi connectivity index (χ0) is 13.8. The van der Waals surface area contributed by atoms with Crippen LogP contribution in [0.3, 0.4) is 0 Å². The molecule has 2 aliphatic rings. The Kier molecular flexibility index (Phi) is 4.42. The van der Waals surface area contributed by atoms with Crippen molar-refractivity contribution in [3.05, 3.63) is 35.4 Å². The van der Waals surface area contributed by atoms with Crippen LogP contribution >= 0.6 is 0 Å². The van der Waals surface area contributed by atoms with E-state index in [-0.39, 0.29) is 0 Å². The first kappa shape index (κ1) is 14.1. The first-order valence-corrected chi connectivity index (χ1v) is 8.31. The fourth-order valence-electron chi connectivity index (χ4n) is 4.07. The van der Waals surface area contributed by atoms with Crippen molar-refractivity contribution in [3.8, 4) is 0 Å². The molecular weight excluding hydrogens is 244 g/mol. The summed E-state index contributed by atoms with van der Waals surface area (Å²) in [4.78, 5) is 2.70. The molecular formula is C18H28N2. The van der Waals surface area contributed by atoms with E-state index in [9.17, 15) is 0 Å². The molecule has 1 heterocycles. The Bertz CT molecular complexity index is 435. The summed E-state index contributed by atoms with van der Waals surface area (Å²) in [5.74, 6) is 0. The van der Waals surface area contributed by atoms with Crippen LogP contribution in [0.25, 0.3) is 0 Å². The number of fused-ring (bicyclic) bond motifs is 1. The molecule has 1 saturated carbocycles. The predicted octanol–water partition coefficient (Wildman–Crippen LogP) is 3.21. The van der Waals surface area contributed by atoms with Gasteiger partial charge >= 0.3 is 0 Å². The van der Waals surface area contributed by atoms with Crippen molar-refractivity contribution in [1.29, 1.82) is 0 Å². The Morgan fingerprint density at radius 2 is 1.90 bits per heavy atom. The van der Waals surface area contributed by atoms with Crippen LogP contribution in [0.1, 0.15) is 43.7 Å². The second-order valence-corrected chi connectivity index (χ2v) is 6.72. The molecule has 0 aromatic heterocycles. The molecule has 1 aromatic rings. The monoisotopic (exact) mass is 272 g/mol. The van der Waals surface area contributed by atoms with Gasteiger partial charge < -0.3 is 5.32 Å². The van der Waals surface area contributed by atoms with Crippen molar-refractivity contribution in [3.63, 3.8) is 0 Å². The lowest BCUT2D eigenvalue weighted by Crippen LogP contribution is -2.44. The largest absolute Gasteiger partial charge is 0.316 e. The third-order valence-corrected chi connectivity index (χ3v) is 5.18. The first-order valence-electron chi connectivity index (χ1n) is 8.31. The molecule has 0 saturated heterocycles. The van der Waals surface area contributed by atoms with Crippen molar-refractivity contribution in [2.24, 2.45) is 5.41 Å². The number of hydrogen-bond acceptors (Lipinski definition) is 2. The lowest BCUT2D eigenvalue weighted by Gasteiger charge is -2.38. The van der Waals surface area contributed by atoms with Crippen LogP contribution < -0.4 is 5.32 Å². The summed E-state index contributed by atoms with van der Waals surface area (Å²) < 4.78 is 0. The maximum Gasteiger partial charge on any atom is 0.0236 e. The minimum absolute atomic E-state index is 0.544. The highest BCUT2D eigenvalue weighted by atomic mass is 15.1. The van der Waals surface area contributed by atoms with Gasteiger partial charge in [-0.3, -0.25) is 4.90 Å². The Labute approximate surface area is 123 Å². The minimum Gasteiger partial charge on any atom is -0.316 e. The standard InChI is InChI=1S/C18H28N2/c1-2-19-14-18(10-5-6-11-18)15-20-12-9-16-7-3-4-8-17(16)13-20/h3-4,7-8,19H,2,5-6,9-15H2,1H3. The van der Waals surface area contributed by atoms with E-state index in [2.05, 4.69) is 41.4 Å². The molecule has 1 N–H and O–H groups in total. The van der Waals surface area contributed by atoms with Crippen LogP contribution in [0.4, 0.5) is 0 Å². The van der Waals surface area contributed by atoms with Crippen LogP contribution in [-0.2, 0) is 13.0 Å². The summed E-state index contributed by atoms with van der Waals surface area (Å²) >= 11 is 0. The van der Waals surface area contributed by atoms with Crippen molar-refractivity contribution >= 4 is 0 Å². The summed E-state index contributed by atoms with van der Waals surface area (Å²) in [5, 5.41) is 3.61. The molecule has 0 unspecified atom stereocenters. The molecule has 20 heavy (non-hydrogen) atoms. The number of benzene rings is 1. The third kappa shape index (κ3) is 3.07. The quantitative estimate of drug-likeness (QED) is 0.885. The van der Waals surface area contributed by atoms with E-state index < -0.39 is 0 Å². The minimum atomic E-state index is 0.544. The average molecular weight is 272 g/mol. The van der Waals surface area contributed by atoms with Gasteiger partial charge in [0.25, 0.3) is 0 Å². The van der Waals surface area contributed by atoms with Crippen LogP contribution in [0, 0.1) is 5.41 Å². The van der Waals surface area contributed by atoms with Gasteiger partial charge in [-0.15, -0.1) is 0 Å². The fourth-order valence-corrected chi connectivity index (χ4v) is 4.07. The molecule has 2 heteroatoms. The molecule has 1 fully saturated rings. The van der Waals surface area contributed by atoms with Crippen molar-refractivity contribution in [2.75, 3.05) is 26.2 Å². The fraction of sp³-hybridized carbons (Fsp3) is 0.667. The predicted molar refractivity (Wildman–Crippen MR) is 84.9 cm³/mol. The Hall–Kier alpha value is -0.860. The molecule has 1 aromatic carbocycles. The molecule has 2 nitrogen and oxygen atoms in total. The van der Waals surface area contributed by atoms with Gasteiger partial charge in [0.1, 0.15) is 0 Å². The maximum atomic E-state index is 3.61. The van der Waals surface area contributed by atoms with Gasteiger partial charge in [0.05, 0.1) is 0 Å². The van der Waals surface area contributed by atoms with E-state index in [1.165, 1.54) is 51.7 Å². The maximum absolute atomic E-state index is 3.61. The molecule has 3 rings (SSSR count). The van der Waals surface area contributed by atoms with E-state index in [0.717, 1.165) is 13.1 Å². The van der Waals surface area contributed by atoms with Crippen molar-refractivity contribution in [1.82, 2.24) is 10.2 Å².